The fraction of sp³-hybridized carbons (Fsp3) is 0.375. The third-order valence-corrected chi connectivity index (χ3v) is 7.74. The van der Waals surface area contributed by atoms with Crippen molar-refractivity contribution in [1.29, 1.82) is 0 Å². The maximum atomic E-state index is 13.3. The van der Waals surface area contributed by atoms with Crippen molar-refractivity contribution in [3.63, 3.8) is 0 Å². The molecule has 2 atom stereocenters. The highest BCUT2D eigenvalue weighted by atomic mass is 16.5. The average molecular weight is 577 g/mol. The highest BCUT2D eigenvalue weighted by molar-refractivity contribution is 5.93. The minimum absolute atomic E-state index is 0.104. The third kappa shape index (κ3) is 5.36. The van der Waals surface area contributed by atoms with Gasteiger partial charge in [-0.25, -0.2) is 9.59 Å². The topological polar surface area (TPSA) is 114 Å². The lowest BCUT2D eigenvalue weighted by Crippen LogP contribution is -2.69. The van der Waals surface area contributed by atoms with E-state index in [1.807, 2.05) is 51.1 Å². The van der Waals surface area contributed by atoms with E-state index in [-0.39, 0.29) is 17.5 Å². The number of benzene rings is 3. The Bertz CT molecular complexity index is 1490. The van der Waals surface area contributed by atoms with E-state index in [9.17, 15) is 9.59 Å². The number of ether oxygens (including phenoxy) is 6. The Hall–Kier alpha value is -4.60. The van der Waals surface area contributed by atoms with Crippen LogP contribution in [0, 0.1) is 6.92 Å². The molecular formula is C32H36N2O8. The molecule has 0 aliphatic carbocycles. The number of methoxy groups -OCH3 is 4. The maximum Gasteiger partial charge on any atom is 0.343 e. The third-order valence-electron chi connectivity index (χ3n) is 7.74. The zero-order valence-corrected chi connectivity index (χ0v) is 24.9. The van der Waals surface area contributed by atoms with Crippen molar-refractivity contribution in [1.82, 2.24) is 10.6 Å². The molecule has 0 unspecified atom stereocenters. The molecule has 2 amide bonds. The van der Waals surface area contributed by atoms with Gasteiger partial charge in [0, 0.05) is 35.4 Å². The van der Waals surface area contributed by atoms with Crippen LogP contribution in [0.4, 0.5) is 4.79 Å². The van der Waals surface area contributed by atoms with Crippen LogP contribution in [0.25, 0.3) is 0 Å². The van der Waals surface area contributed by atoms with E-state index in [2.05, 4.69) is 10.6 Å². The van der Waals surface area contributed by atoms with E-state index in [0.29, 0.717) is 47.2 Å². The number of hydrogen-bond donors (Lipinski definition) is 2. The number of urea groups is 1. The van der Waals surface area contributed by atoms with Gasteiger partial charge in [-0.05, 0) is 56.7 Å². The normalized spacial score (nSPS) is 20.4. The van der Waals surface area contributed by atoms with Crippen molar-refractivity contribution in [2.24, 2.45) is 0 Å². The zero-order valence-electron chi connectivity index (χ0n) is 24.9. The Labute approximate surface area is 245 Å². The second-order valence-electron chi connectivity index (χ2n) is 11.2. The standard InChI is InChI=1S/C32H36N2O8/c1-18-24(41-29(35)20-14-25(38-5)28(40-7)26(15-20)39-6)13-12-22-23(19-8-10-21(37-4)11-9-19)16-32(42-27(18)22)17-31(2,3)33-30(36)34-32/h8-15,23H,16-17H2,1-7H3,(H2,33,34,36)/t23-,32+/m1/s1. The molecule has 10 heteroatoms. The van der Waals surface area contributed by atoms with Gasteiger partial charge in [-0.3, -0.25) is 0 Å². The molecule has 222 valence electrons. The van der Waals surface area contributed by atoms with Gasteiger partial charge in [0.05, 0.1) is 34.0 Å². The molecule has 2 heterocycles. The lowest BCUT2D eigenvalue weighted by atomic mass is 9.76. The summed E-state index contributed by atoms with van der Waals surface area (Å²) in [5.74, 6) is 1.98. The molecule has 10 nitrogen and oxygen atoms in total. The molecule has 2 aliphatic rings. The molecule has 1 saturated heterocycles. The van der Waals surface area contributed by atoms with Gasteiger partial charge >= 0.3 is 12.0 Å². The lowest BCUT2D eigenvalue weighted by Gasteiger charge is -2.49. The summed E-state index contributed by atoms with van der Waals surface area (Å²) in [5, 5.41) is 6.03. The maximum absolute atomic E-state index is 13.3. The Kier molecular flexibility index (Phi) is 7.57. The molecule has 3 aromatic rings. The van der Waals surface area contributed by atoms with Crippen molar-refractivity contribution in [2.45, 2.75) is 50.8 Å². The fourth-order valence-corrected chi connectivity index (χ4v) is 5.92. The first-order valence-electron chi connectivity index (χ1n) is 13.6. The summed E-state index contributed by atoms with van der Waals surface area (Å²) in [4.78, 5) is 26.1. The van der Waals surface area contributed by atoms with E-state index < -0.39 is 17.2 Å². The second kappa shape index (κ2) is 11.0. The Morgan fingerprint density at radius 2 is 1.55 bits per heavy atom. The quantitative estimate of drug-likeness (QED) is 0.286. The number of carbonyl (C=O) groups excluding carboxylic acids is 2. The Morgan fingerprint density at radius 1 is 0.881 bits per heavy atom. The molecule has 3 aromatic carbocycles. The zero-order chi connectivity index (χ0) is 30.2. The Balaban J connectivity index is 1.55. The first-order chi connectivity index (χ1) is 20.0. The molecule has 2 N–H and O–H groups in total. The predicted molar refractivity (Wildman–Crippen MR) is 155 cm³/mol. The molecule has 42 heavy (non-hydrogen) atoms. The highest BCUT2D eigenvalue weighted by Crippen LogP contribution is 2.50. The molecule has 0 bridgehead atoms. The van der Waals surface area contributed by atoms with Crippen molar-refractivity contribution >= 4 is 12.0 Å². The van der Waals surface area contributed by atoms with Crippen LogP contribution in [0.2, 0.25) is 0 Å². The summed E-state index contributed by atoms with van der Waals surface area (Å²) in [6.45, 7) is 5.78. The van der Waals surface area contributed by atoms with E-state index in [1.54, 1.807) is 13.2 Å². The van der Waals surface area contributed by atoms with Crippen LogP contribution in [-0.4, -0.2) is 51.7 Å². The van der Waals surface area contributed by atoms with Crippen molar-refractivity contribution in [3.05, 3.63) is 70.8 Å². The van der Waals surface area contributed by atoms with Gasteiger partial charge in [0.2, 0.25) is 5.75 Å². The van der Waals surface area contributed by atoms with E-state index >= 15 is 0 Å². The van der Waals surface area contributed by atoms with Crippen molar-refractivity contribution in [3.8, 4) is 34.5 Å². The number of amides is 2. The van der Waals surface area contributed by atoms with Crippen LogP contribution >= 0.6 is 0 Å². The SMILES string of the molecule is COc1ccc([C@H]2C[C@@]3(CC(C)(C)NC(=O)N3)Oc3c2ccc(OC(=O)c2cc(OC)c(OC)c(OC)c2)c3C)cc1. The molecule has 0 saturated carbocycles. The predicted octanol–water partition coefficient (Wildman–Crippen LogP) is 5.34. The summed E-state index contributed by atoms with van der Waals surface area (Å²) in [6, 6.07) is 14.3. The van der Waals surface area contributed by atoms with Gasteiger partial charge in [-0.1, -0.05) is 18.2 Å². The van der Waals surface area contributed by atoms with Crippen LogP contribution < -0.4 is 39.1 Å². The number of rotatable bonds is 7. The first kappa shape index (κ1) is 28.9. The van der Waals surface area contributed by atoms with Gasteiger partial charge in [0.25, 0.3) is 0 Å². The van der Waals surface area contributed by atoms with E-state index in [4.69, 9.17) is 28.4 Å². The van der Waals surface area contributed by atoms with Crippen molar-refractivity contribution < 1.29 is 38.0 Å². The Morgan fingerprint density at radius 3 is 2.12 bits per heavy atom. The summed E-state index contributed by atoms with van der Waals surface area (Å²) in [7, 11) is 6.08. The minimum atomic E-state index is -0.979. The average Bonchev–Trinajstić information content (AvgIpc) is 2.96. The monoisotopic (exact) mass is 576 g/mol. The molecule has 0 radical (unpaired) electrons. The molecule has 1 spiro atoms. The van der Waals surface area contributed by atoms with Crippen LogP contribution in [0.5, 0.6) is 34.5 Å². The number of carbonyl (C=O) groups is 2. The van der Waals surface area contributed by atoms with Crippen molar-refractivity contribution in [2.75, 3.05) is 28.4 Å². The minimum Gasteiger partial charge on any atom is -0.497 e. The molecule has 2 aliphatic heterocycles. The van der Waals surface area contributed by atoms with E-state index in [0.717, 1.165) is 16.9 Å². The number of hydrogen-bond acceptors (Lipinski definition) is 8. The second-order valence-corrected chi connectivity index (χ2v) is 11.2. The molecule has 0 aromatic heterocycles. The van der Waals surface area contributed by atoms with Crippen LogP contribution in [0.15, 0.2) is 48.5 Å². The van der Waals surface area contributed by atoms with Gasteiger partial charge in [0.1, 0.15) is 17.2 Å². The number of nitrogens with one attached hydrogen (secondary N) is 2. The number of esters is 1. The fourth-order valence-electron chi connectivity index (χ4n) is 5.92. The van der Waals surface area contributed by atoms with Crippen LogP contribution in [-0.2, 0) is 0 Å². The molecular weight excluding hydrogens is 540 g/mol. The summed E-state index contributed by atoms with van der Waals surface area (Å²) in [5.41, 5.74) is 1.36. The summed E-state index contributed by atoms with van der Waals surface area (Å²) >= 11 is 0. The van der Waals surface area contributed by atoms with Gasteiger partial charge in [0.15, 0.2) is 17.2 Å². The largest absolute Gasteiger partial charge is 0.497 e. The van der Waals surface area contributed by atoms with E-state index in [1.165, 1.54) is 33.5 Å². The summed E-state index contributed by atoms with van der Waals surface area (Å²) in [6.07, 6.45) is 1.04. The van der Waals surface area contributed by atoms with Gasteiger partial charge < -0.3 is 39.1 Å². The molecule has 1 fully saturated rings. The van der Waals surface area contributed by atoms with Crippen LogP contribution in [0.3, 0.4) is 0 Å². The molecule has 5 rings (SSSR count). The summed E-state index contributed by atoms with van der Waals surface area (Å²) < 4.78 is 34.1. The van der Waals surface area contributed by atoms with Gasteiger partial charge in [-0.15, -0.1) is 0 Å². The smallest absolute Gasteiger partial charge is 0.343 e. The lowest BCUT2D eigenvalue weighted by molar-refractivity contribution is -0.0241. The van der Waals surface area contributed by atoms with Crippen LogP contribution in [0.1, 0.15) is 59.7 Å². The van der Waals surface area contributed by atoms with Gasteiger partial charge in [-0.2, -0.15) is 0 Å². The number of fused-ring (bicyclic) bond motifs is 1. The highest BCUT2D eigenvalue weighted by Gasteiger charge is 2.50. The first-order valence-corrected chi connectivity index (χ1v) is 13.6.